The van der Waals surface area contributed by atoms with Gasteiger partial charge in [0.15, 0.2) is 12.2 Å². The van der Waals surface area contributed by atoms with E-state index in [-0.39, 0.29) is 11.7 Å². The number of aromatic nitrogens is 3. The van der Waals surface area contributed by atoms with Crippen LogP contribution in [0.5, 0.6) is 0 Å². The molecular formula is C18H22N4O5. The molecule has 9 nitrogen and oxygen atoms in total. The average molecular weight is 374 g/mol. The third kappa shape index (κ3) is 3.53. The maximum absolute atomic E-state index is 13.0. The lowest BCUT2D eigenvalue weighted by Crippen LogP contribution is -2.44. The first kappa shape index (κ1) is 17.9. The van der Waals surface area contributed by atoms with Crippen LogP contribution in [-0.4, -0.2) is 65.5 Å². The Morgan fingerprint density at radius 3 is 2.81 bits per heavy atom. The van der Waals surface area contributed by atoms with Crippen LogP contribution in [0.3, 0.4) is 0 Å². The summed E-state index contributed by atoms with van der Waals surface area (Å²) < 4.78 is 17.5. The molecule has 3 heterocycles. The fraction of sp³-hybridized carbons (Fsp3) is 0.500. The lowest BCUT2D eigenvalue weighted by molar-refractivity contribution is 0.0361. The molecule has 1 saturated heterocycles. The van der Waals surface area contributed by atoms with Gasteiger partial charge in [0.05, 0.1) is 31.1 Å². The number of ether oxygens (including phenoxy) is 2. The first-order chi connectivity index (χ1) is 13.2. The fourth-order valence-corrected chi connectivity index (χ4v) is 3.55. The van der Waals surface area contributed by atoms with Gasteiger partial charge in [-0.3, -0.25) is 14.3 Å². The fourth-order valence-electron chi connectivity index (χ4n) is 3.55. The van der Waals surface area contributed by atoms with E-state index >= 15 is 0 Å². The molecule has 0 aromatic carbocycles. The zero-order valence-corrected chi connectivity index (χ0v) is 15.1. The molecule has 0 amide bonds. The summed E-state index contributed by atoms with van der Waals surface area (Å²) in [6.45, 7) is 3.94. The summed E-state index contributed by atoms with van der Waals surface area (Å²) in [5, 5.41) is 0. The van der Waals surface area contributed by atoms with Crippen LogP contribution >= 0.6 is 0 Å². The minimum atomic E-state index is -0.390. The highest BCUT2D eigenvalue weighted by atomic mass is 16.5. The van der Waals surface area contributed by atoms with Gasteiger partial charge in [-0.2, -0.15) is 0 Å². The van der Waals surface area contributed by atoms with Crippen LogP contribution in [0.25, 0.3) is 11.6 Å². The smallest absolute Gasteiger partial charge is 0.328 e. The van der Waals surface area contributed by atoms with Gasteiger partial charge in [0.2, 0.25) is 0 Å². The van der Waals surface area contributed by atoms with Gasteiger partial charge in [-0.05, 0) is 6.08 Å². The van der Waals surface area contributed by atoms with Crippen LogP contribution < -0.4 is 11.2 Å². The molecule has 4 rings (SSSR count). The van der Waals surface area contributed by atoms with Crippen molar-refractivity contribution >= 4 is 11.6 Å². The summed E-state index contributed by atoms with van der Waals surface area (Å²) >= 11 is 0. The highest BCUT2D eigenvalue weighted by Gasteiger charge is 2.27. The number of rotatable bonds is 5. The van der Waals surface area contributed by atoms with E-state index in [2.05, 4.69) is 14.9 Å². The molecule has 1 fully saturated rings. The molecule has 0 bridgehead atoms. The number of nitrogens with one attached hydrogen (secondary N) is 1. The van der Waals surface area contributed by atoms with Crippen LogP contribution in [0.1, 0.15) is 17.0 Å². The summed E-state index contributed by atoms with van der Waals surface area (Å²) in [7, 11) is 1.58. The quantitative estimate of drug-likeness (QED) is 0.784. The molecule has 0 spiro atoms. The second-order valence-electron chi connectivity index (χ2n) is 6.63. The number of hydrogen-bond acceptors (Lipinski definition) is 7. The van der Waals surface area contributed by atoms with E-state index in [4.69, 9.17) is 13.9 Å². The van der Waals surface area contributed by atoms with Crippen molar-refractivity contribution in [2.24, 2.45) is 0 Å². The number of nitrogens with zero attached hydrogens (tertiary/aromatic N) is 3. The van der Waals surface area contributed by atoms with E-state index < -0.39 is 5.69 Å². The lowest BCUT2D eigenvalue weighted by Gasteiger charge is -2.27. The summed E-state index contributed by atoms with van der Waals surface area (Å²) in [5.41, 5.74) is 1.11. The zero-order chi connectivity index (χ0) is 18.8. The molecule has 0 saturated carbocycles. The molecular weight excluding hydrogens is 352 g/mol. The second-order valence-corrected chi connectivity index (χ2v) is 6.63. The van der Waals surface area contributed by atoms with Crippen LogP contribution in [0.2, 0.25) is 0 Å². The van der Waals surface area contributed by atoms with Crippen molar-refractivity contribution in [2.75, 3.05) is 40.0 Å². The number of oxazole rings is 1. The van der Waals surface area contributed by atoms with Gasteiger partial charge >= 0.3 is 5.69 Å². The van der Waals surface area contributed by atoms with Crippen LogP contribution in [0.15, 0.2) is 26.6 Å². The van der Waals surface area contributed by atoms with Gasteiger partial charge in [-0.15, -0.1) is 0 Å². The minimum absolute atomic E-state index is 0.298. The third-order valence-corrected chi connectivity index (χ3v) is 5.08. The highest BCUT2D eigenvalue weighted by Crippen LogP contribution is 2.29. The van der Waals surface area contributed by atoms with Crippen LogP contribution in [0, 0.1) is 0 Å². The van der Waals surface area contributed by atoms with Gasteiger partial charge in [0.1, 0.15) is 0 Å². The van der Waals surface area contributed by atoms with Crippen molar-refractivity contribution in [1.82, 2.24) is 19.4 Å². The van der Waals surface area contributed by atoms with Gasteiger partial charge in [-0.25, -0.2) is 9.78 Å². The molecule has 2 aromatic heterocycles. The topological polar surface area (TPSA) is 103 Å². The zero-order valence-electron chi connectivity index (χ0n) is 15.1. The first-order valence-electron chi connectivity index (χ1n) is 8.96. The van der Waals surface area contributed by atoms with Gasteiger partial charge in [0.25, 0.3) is 5.56 Å². The van der Waals surface area contributed by atoms with Gasteiger partial charge in [0, 0.05) is 51.0 Å². The normalized spacial score (nSPS) is 20.3. The van der Waals surface area contributed by atoms with E-state index in [1.54, 1.807) is 19.4 Å². The van der Waals surface area contributed by atoms with Crippen molar-refractivity contribution in [3.8, 4) is 0 Å². The lowest BCUT2D eigenvalue weighted by atomic mass is 9.93. The average Bonchev–Trinajstić information content (AvgIpc) is 3.22. The van der Waals surface area contributed by atoms with E-state index in [1.807, 2.05) is 0 Å². The Morgan fingerprint density at radius 1 is 1.30 bits per heavy atom. The van der Waals surface area contributed by atoms with Crippen molar-refractivity contribution < 1.29 is 13.9 Å². The van der Waals surface area contributed by atoms with E-state index in [9.17, 15) is 9.59 Å². The first-order valence-corrected chi connectivity index (χ1v) is 8.96. The second kappa shape index (κ2) is 7.63. The largest absolute Gasteiger partial charge is 0.444 e. The Kier molecular flexibility index (Phi) is 5.06. The molecule has 1 aliphatic carbocycles. The Morgan fingerprint density at radius 2 is 2.11 bits per heavy atom. The molecule has 1 unspecified atom stereocenters. The maximum Gasteiger partial charge on any atom is 0.328 e. The molecule has 2 aliphatic rings. The Hall–Kier alpha value is -2.49. The summed E-state index contributed by atoms with van der Waals surface area (Å²) in [6, 6.07) is 0. The van der Waals surface area contributed by atoms with E-state index in [1.165, 1.54) is 11.0 Å². The van der Waals surface area contributed by atoms with Gasteiger partial charge in [-0.1, -0.05) is 0 Å². The van der Waals surface area contributed by atoms with Gasteiger partial charge < -0.3 is 18.9 Å². The number of morpholine rings is 1. The predicted molar refractivity (Wildman–Crippen MR) is 97.5 cm³/mol. The molecule has 9 heteroatoms. The standard InChI is InChI=1S/C18H22N4O5/c1-25-15-9-14-12(8-13(15)16-10-19-11-27-16)17(23)22(18(24)20-14)3-2-21-4-6-26-7-5-21/h8,10-11,15H,2-7,9H2,1H3,(H,20,24). The van der Waals surface area contributed by atoms with Crippen LogP contribution in [0.4, 0.5) is 0 Å². The van der Waals surface area contributed by atoms with E-state index in [0.717, 1.165) is 18.7 Å². The Bertz CT molecular complexity index is 938. The summed E-state index contributed by atoms with van der Waals surface area (Å²) in [6.07, 6.45) is 4.74. The molecule has 2 aromatic rings. The predicted octanol–water partition coefficient (Wildman–Crippen LogP) is -0.0315. The summed E-state index contributed by atoms with van der Waals surface area (Å²) in [5.74, 6) is 0.554. The van der Waals surface area contributed by atoms with Crippen molar-refractivity contribution in [3.05, 3.63) is 50.4 Å². The number of H-pyrrole nitrogens is 1. The molecule has 1 N–H and O–H groups in total. The third-order valence-electron chi connectivity index (χ3n) is 5.08. The molecule has 1 aliphatic heterocycles. The van der Waals surface area contributed by atoms with E-state index in [0.29, 0.717) is 49.7 Å². The molecule has 144 valence electrons. The van der Waals surface area contributed by atoms with Crippen molar-refractivity contribution in [3.63, 3.8) is 0 Å². The van der Waals surface area contributed by atoms with Crippen molar-refractivity contribution in [1.29, 1.82) is 0 Å². The number of aromatic amines is 1. The molecule has 1 atom stereocenters. The number of fused-ring (bicyclic) bond motifs is 1. The SMILES string of the molecule is COC1Cc2[nH]c(=O)n(CCN3CCOCC3)c(=O)c2C=C1c1cnco1. The molecule has 0 radical (unpaired) electrons. The number of methoxy groups -OCH3 is 1. The molecule has 27 heavy (non-hydrogen) atoms. The minimum Gasteiger partial charge on any atom is -0.444 e. The monoisotopic (exact) mass is 374 g/mol. The number of hydrogen-bond donors (Lipinski definition) is 1. The van der Waals surface area contributed by atoms with Crippen LogP contribution in [-0.2, 0) is 22.4 Å². The summed E-state index contributed by atoms with van der Waals surface area (Å²) in [4.78, 5) is 34.4. The Balaban J connectivity index is 1.67. The van der Waals surface area contributed by atoms with Crippen molar-refractivity contribution in [2.45, 2.75) is 19.1 Å². The Labute approximate surface area is 155 Å². The maximum atomic E-state index is 13.0. The highest BCUT2D eigenvalue weighted by molar-refractivity contribution is 5.84.